The van der Waals surface area contributed by atoms with Gasteiger partial charge in [-0.1, -0.05) is 109 Å². The zero-order valence-corrected chi connectivity index (χ0v) is 24.5. The van der Waals surface area contributed by atoms with Crippen molar-refractivity contribution in [3.8, 4) is 16.8 Å². The van der Waals surface area contributed by atoms with Gasteiger partial charge in [0.25, 0.3) is 0 Å². The smallest absolute Gasteiger partial charge is 0.161 e. The number of nitrogens with zero attached hydrogens (tertiary/aromatic N) is 2. The van der Waals surface area contributed by atoms with Crippen LogP contribution in [0.3, 0.4) is 0 Å². The molecule has 0 atom stereocenters. The van der Waals surface area contributed by atoms with Gasteiger partial charge in [-0.15, -0.1) is 0 Å². The average Bonchev–Trinajstić information content (AvgIpc) is 3.64. The molecule has 9 rings (SSSR count). The summed E-state index contributed by atoms with van der Waals surface area (Å²) in [5.41, 5.74) is 10.7. The predicted octanol–water partition coefficient (Wildman–Crippen LogP) is 11.8. The second-order valence-electron chi connectivity index (χ2n) is 11.4. The van der Waals surface area contributed by atoms with Crippen LogP contribution in [-0.4, -0.2) is 4.57 Å². The SMILES string of the molecule is c1ccc(N(c2cccc(-c3cccc4c3oc3c5ccccc5n(-c5ccccc5)c43)c2)c2cccc3ccccc23)cc1. The Bertz CT molecular complexity index is 2480. The monoisotopic (exact) mass is 576 g/mol. The van der Waals surface area contributed by atoms with Gasteiger partial charge in [0.1, 0.15) is 11.1 Å². The summed E-state index contributed by atoms with van der Waals surface area (Å²) in [7, 11) is 0. The van der Waals surface area contributed by atoms with Crippen LogP contribution in [0.1, 0.15) is 0 Å². The van der Waals surface area contributed by atoms with Crippen molar-refractivity contribution in [1.82, 2.24) is 4.57 Å². The van der Waals surface area contributed by atoms with Gasteiger partial charge in [-0.2, -0.15) is 0 Å². The molecule has 212 valence electrons. The van der Waals surface area contributed by atoms with Crippen molar-refractivity contribution >= 4 is 60.8 Å². The number of anilines is 3. The molecule has 0 radical (unpaired) electrons. The maximum absolute atomic E-state index is 6.85. The van der Waals surface area contributed by atoms with E-state index in [1.807, 2.05) is 0 Å². The molecule has 3 nitrogen and oxygen atoms in total. The molecule has 0 aliphatic heterocycles. The summed E-state index contributed by atoms with van der Waals surface area (Å²) >= 11 is 0. The number of furan rings is 1. The zero-order valence-electron chi connectivity index (χ0n) is 24.5. The van der Waals surface area contributed by atoms with Crippen LogP contribution in [0.15, 0.2) is 174 Å². The molecule has 0 saturated heterocycles. The Morgan fingerprint density at radius 3 is 1.98 bits per heavy atom. The molecule has 0 amide bonds. The lowest BCUT2D eigenvalue weighted by Crippen LogP contribution is -2.10. The lowest BCUT2D eigenvalue weighted by atomic mass is 10.0. The molecule has 0 spiro atoms. The van der Waals surface area contributed by atoms with Crippen molar-refractivity contribution in [2.24, 2.45) is 0 Å². The van der Waals surface area contributed by atoms with E-state index in [1.165, 1.54) is 10.8 Å². The van der Waals surface area contributed by atoms with E-state index in [4.69, 9.17) is 4.42 Å². The molecule has 3 heteroatoms. The maximum atomic E-state index is 6.85. The quantitative estimate of drug-likeness (QED) is 0.203. The van der Waals surface area contributed by atoms with Gasteiger partial charge in [0.05, 0.1) is 11.2 Å². The molecule has 0 aliphatic rings. The fourth-order valence-electron chi connectivity index (χ4n) is 6.78. The molecule has 2 aromatic heterocycles. The molecule has 2 heterocycles. The Hall–Kier alpha value is -6.06. The predicted molar refractivity (Wildman–Crippen MR) is 188 cm³/mol. The van der Waals surface area contributed by atoms with Gasteiger partial charge in [0.2, 0.25) is 0 Å². The van der Waals surface area contributed by atoms with E-state index in [-0.39, 0.29) is 0 Å². The van der Waals surface area contributed by atoms with Gasteiger partial charge in [0.15, 0.2) is 5.58 Å². The summed E-state index contributed by atoms with van der Waals surface area (Å²) in [4.78, 5) is 2.35. The van der Waals surface area contributed by atoms with Crippen LogP contribution < -0.4 is 4.90 Å². The first-order valence-electron chi connectivity index (χ1n) is 15.3. The molecule has 45 heavy (non-hydrogen) atoms. The van der Waals surface area contributed by atoms with Crippen molar-refractivity contribution in [2.45, 2.75) is 0 Å². The van der Waals surface area contributed by atoms with Gasteiger partial charge in [-0.25, -0.2) is 0 Å². The molecule has 7 aromatic carbocycles. The van der Waals surface area contributed by atoms with E-state index in [0.717, 1.165) is 66.8 Å². The fourth-order valence-corrected chi connectivity index (χ4v) is 6.78. The Kier molecular flexibility index (Phi) is 5.82. The normalized spacial score (nSPS) is 11.6. The van der Waals surface area contributed by atoms with E-state index in [9.17, 15) is 0 Å². The first kappa shape index (κ1) is 25.4. The van der Waals surface area contributed by atoms with E-state index >= 15 is 0 Å². The number of hydrogen-bond acceptors (Lipinski definition) is 2. The minimum Gasteiger partial charge on any atom is -0.453 e. The molecule has 0 saturated carbocycles. The van der Waals surface area contributed by atoms with Gasteiger partial charge in [-0.05, 0) is 71.6 Å². The molecule has 0 unspecified atom stereocenters. The Labute approximate surface area is 260 Å². The highest BCUT2D eigenvalue weighted by atomic mass is 16.3. The third-order valence-corrected chi connectivity index (χ3v) is 8.75. The van der Waals surface area contributed by atoms with Crippen LogP contribution in [0.2, 0.25) is 0 Å². The number of aromatic nitrogens is 1. The molecular weight excluding hydrogens is 548 g/mol. The van der Waals surface area contributed by atoms with Crippen molar-refractivity contribution in [3.63, 3.8) is 0 Å². The second-order valence-corrected chi connectivity index (χ2v) is 11.4. The number of para-hydroxylation sites is 4. The minimum atomic E-state index is 0.895. The van der Waals surface area contributed by atoms with E-state index in [0.29, 0.717) is 0 Å². The van der Waals surface area contributed by atoms with Crippen LogP contribution in [0, 0.1) is 0 Å². The van der Waals surface area contributed by atoms with Gasteiger partial charge < -0.3 is 13.9 Å². The third kappa shape index (κ3) is 4.05. The summed E-state index contributed by atoms with van der Waals surface area (Å²) in [6.07, 6.45) is 0. The van der Waals surface area contributed by atoms with Crippen LogP contribution in [0.4, 0.5) is 17.1 Å². The van der Waals surface area contributed by atoms with Gasteiger partial charge in [0, 0.05) is 38.8 Å². The standard InChI is InChI=1S/C42H28N2O/c1-3-17-31(18-4-1)43(38-27-12-15-29-14-7-8-22-34(29)38)33-21-11-16-30(28-33)35-24-13-25-37-40-42(45-41(35)37)36-23-9-10-26-39(36)44(40)32-19-5-2-6-20-32/h1-28H. The second kappa shape index (κ2) is 10.3. The molecule has 0 N–H and O–H groups in total. The largest absolute Gasteiger partial charge is 0.453 e. The molecule has 0 bridgehead atoms. The molecular formula is C42H28N2O. The van der Waals surface area contributed by atoms with Crippen LogP contribution >= 0.6 is 0 Å². The number of benzene rings is 7. The minimum absolute atomic E-state index is 0.895. The number of hydrogen-bond donors (Lipinski definition) is 0. The van der Waals surface area contributed by atoms with Crippen molar-refractivity contribution < 1.29 is 4.42 Å². The van der Waals surface area contributed by atoms with Crippen LogP contribution in [0.5, 0.6) is 0 Å². The maximum Gasteiger partial charge on any atom is 0.161 e. The highest BCUT2D eigenvalue weighted by Gasteiger charge is 2.22. The lowest BCUT2D eigenvalue weighted by molar-refractivity contribution is 0.674. The molecule has 9 aromatic rings. The third-order valence-electron chi connectivity index (χ3n) is 8.75. The number of rotatable bonds is 5. The van der Waals surface area contributed by atoms with Gasteiger partial charge >= 0.3 is 0 Å². The summed E-state index contributed by atoms with van der Waals surface area (Å²) in [6.45, 7) is 0. The first-order chi connectivity index (χ1) is 22.3. The van der Waals surface area contributed by atoms with E-state index < -0.39 is 0 Å². The molecule has 0 aliphatic carbocycles. The van der Waals surface area contributed by atoms with Crippen LogP contribution in [0.25, 0.3) is 60.6 Å². The average molecular weight is 577 g/mol. The van der Waals surface area contributed by atoms with Crippen molar-refractivity contribution in [2.75, 3.05) is 4.90 Å². The summed E-state index contributed by atoms with van der Waals surface area (Å²) in [5, 5.41) is 4.63. The van der Waals surface area contributed by atoms with E-state index in [2.05, 4.69) is 179 Å². The number of fused-ring (bicyclic) bond motifs is 6. The molecule has 0 fully saturated rings. The Balaban J connectivity index is 1.27. The zero-order chi connectivity index (χ0) is 29.7. The highest BCUT2D eigenvalue weighted by Crippen LogP contribution is 2.44. The fraction of sp³-hybridized carbons (Fsp3) is 0. The lowest BCUT2D eigenvalue weighted by Gasteiger charge is -2.27. The first-order valence-corrected chi connectivity index (χ1v) is 15.3. The van der Waals surface area contributed by atoms with Crippen molar-refractivity contribution in [1.29, 1.82) is 0 Å². The summed E-state index contributed by atoms with van der Waals surface area (Å²) in [6, 6.07) is 60.0. The van der Waals surface area contributed by atoms with Gasteiger partial charge in [-0.3, -0.25) is 0 Å². The van der Waals surface area contributed by atoms with E-state index in [1.54, 1.807) is 0 Å². The summed E-state index contributed by atoms with van der Waals surface area (Å²) in [5.74, 6) is 0. The summed E-state index contributed by atoms with van der Waals surface area (Å²) < 4.78 is 9.17. The topological polar surface area (TPSA) is 21.3 Å². The Morgan fingerprint density at radius 1 is 0.467 bits per heavy atom. The van der Waals surface area contributed by atoms with Crippen LogP contribution in [-0.2, 0) is 0 Å². The van der Waals surface area contributed by atoms with Crippen molar-refractivity contribution in [3.05, 3.63) is 170 Å². The highest BCUT2D eigenvalue weighted by molar-refractivity contribution is 6.18. The Morgan fingerprint density at radius 2 is 1.11 bits per heavy atom.